The summed E-state index contributed by atoms with van der Waals surface area (Å²) in [4.78, 5) is 1.17. The van der Waals surface area contributed by atoms with Crippen LogP contribution in [0.5, 0.6) is 0 Å². The van der Waals surface area contributed by atoms with Gasteiger partial charge in [-0.05, 0) is 71.1 Å². The molecule has 4 nitrogen and oxygen atoms in total. The van der Waals surface area contributed by atoms with Crippen LogP contribution in [-0.4, -0.2) is 14.8 Å². The summed E-state index contributed by atoms with van der Waals surface area (Å²) >= 11 is 5.33. The van der Waals surface area contributed by atoms with E-state index < -0.39 is 0 Å². The zero-order valence-electron chi connectivity index (χ0n) is 11.6. The van der Waals surface area contributed by atoms with E-state index in [1.165, 1.54) is 36.4 Å². The van der Waals surface area contributed by atoms with Crippen LogP contribution in [0.25, 0.3) is 0 Å². The summed E-state index contributed by atoms with van der Waals surface area (Å²) in [5.41, 5.74) is 6.82. The van der Waals surface area contributed by atoms with Crippen LogP contribution in [0.15, 0.2) is 32.7 Å². The molecule has 0 bridgehead atoms. The van der Waals surface area contributed by atoms with Gasteiger partial charge in [0.05, 0.1) is 0 Å². The Morgan fingerprint density at radius 1 is 1.24 bits per heavy atom. The van der Waals surface area contributed by atoms with Gasteiger partial charge in [0.15, 0.2) is 5.16 Å². The van der Waals surface area contributed by atoms with Gasteiger partial charge in [0.25, 0.3) is 0 Å². The highest BCUT2D eigenvalue weighted by Gasteiger charge is 2.36. The number of halogens is 1. The highest BCUT2D eigenvalue weighted by Crippen LogP contribution is 2.47. The molecule has 2 aromatic rings. The van der Waals surface area contributed by atoms with E-state index in [0.29, 0.717) is 18.5 Å². The molecule has 21 heavy (non-hydrogen) atoms. The van der Waals surface area contributed by atoms with Gasteiger partial charge in [0.1, 0.15) is 5.82 Å². The molecule has 1 aromatic heterocycles. The topological polar surface area (TPSA) is 56.7 Å². The number of hydrogen-bond acceptors (Lipinski definition) is 4. The molecule has 0 radical (unpaired) electrons. The Hall–Kier alpha value is -0.850. The summed E-state index contributed by atoms with van der Waals surface area (Å²) in [5, 5.41) is 9.93. The molecule has 2 N–H and O–H groups in total. The average Bonchev–Trinajstić information content (AvgIpc) is 3.40. The predicted octanol–water partition coefficient (Wildman–Crippen LogP) is 3.86. The van der Waals surface area contributed by atoms with Crippen molar-refractivity contribution in [3.63, 3.8) is 0 Å². The number of nitrogens with zero attached hydrogens (tertiary/aromatic N) is 3. The summed E-state index contributed by atoms with van der Waals surface area (Å²) in [6, 6.07) is 6.90. The summed E-state index contributed by atoms with van der Waals surface area (Å²) in [5.74, 6) is 1.85. The van der Waals surface area contributed by atoms with E-state index in [0.717, 1.165) is 15.2 Å². The Morgan fingerprint density at radius 3 is 2.67 bits per heavy atom. The van der Waals surface area contributed by atoms with Gasteiger partial charge >= 0.3 is 0 Å². The van der Waals surface area contributed by atoms with E-state index in [-0.39, 0.29) is 0 Å². The third-order valence-electron chi connectivity index (χ3n) is 3.98. The highest BCUT2D eigenvalue weighted by molar-refractivity contribution is 9.10. The summed E-state index contributed by atoms with van der Waals surface area (Å²) in [6.07, 6.45) is 5.06. The molecular weight excluding hydrogens is 348 g/mol. The molecule has 0 aliphatic heterocycles. The fraction of sp³-hybridized carbons (Fsp3) is 0.467. The van der Waals surface area contributed by atoms with Gasteiger partial charge in [-0.2, -0.15) is 0 Å². The molecule has 0 spiro atoms. The van der Waals surface area contributed by atoms with E-state index in [2.05, 4.69) is 48.9 Å². The molecule has 1 heterocycles. The van der Waals surface area contributed by atoms with Crippen molar-refractivity contribution in [3.8, 4) is 0 Å². The molecule has 2 aliphatic rings. The van der Waals surface area contributed by atoms with E-state index in [4.69, 9.17) is 5.73 Å². The van der Waals surface area contributed by atoms with Crippen molar-refractivity contribution >= 4 is 27.7 Å². The summed E-state index contributed by atoms with van der Waals surface area (Å²) < 4.78 is 3.46. The van der Waals surface area contributed by atoms with Crippen molar-refractivity contribution in [2.45, 2.75) is 54.2 Å². The molecule has 4 rings (SSSR count). The van der Waals surface area contributed by atoms with Crippen LogP contribution < -0.4 is 5.73 Å². The van der Waals surface area contributed by atoms with Crippen molar-refractivity contribution in [1.82, 2.24) is 14.8 Å². The SMILES string of the molecule is NCc1ccc(Sc2nnc(C3CC3)n2C2CC2)c(Br)c1. The number of benzene rings is 1. The van der Waals surface area contributed by atoms with E-state index >= 15 is 0 Å². The van der Waals surface area contributed by atoms with Gasteiger partial charge in [0, 0.05) is 27.9 Å². The first-order valence-corrected chi connectivity index (χ1v) is 8.98. The Labute approximate surface area is 136 Å². The molecule has 6 heteroatoms. The maximum atomic E-state index is 5.68. The molecule has 0 saturated heterocycles. The number of nitrogens with two attached hydrogens (primary N) is 1. The van der Waals surface area contributed by atoms with Crippen LogP contribution in [0.4, 0.5) is 0 Å². The monoisotopic (exact) mass is 364 g/mol. The van der Waals surface area contributed by atoms with Gasteiger partial charge in [-0.1, -0.05) is 6.07 Å². The van der Waals surface area contributed by atoms with Crippen molar-refractivity contribution in [2.75, 3.05) is 0 Å². The van der Waals surface area contributed by atoms with Gasteiger partial charge < -0.3 is 10.3 Å². The van der Waals surface area contributed by atoms with Gasteiger partial charge in [-0.3, -0.25) is 0 Å². The first kappa shape index (κ1) is 13.8. The fourth-order valence-electron chi connectivity index (χ4n) is 2.51. The second kappa shape index (κ2) is 5.41. The van der Waals surface area contributed by atoms with Crippen LogP contribution in [0.3, 0.4) is 0 Å². The third kappa shape index (κ3) is 2.76. The summed E-state index contributed by atoms with van der Waals surface area (Å²) in [6.45, 7) is 0.563. The lowest BCUT2D eigenvalue weighted by molar-refractivity contribution is 0.627. The highest BCUT2D eigenvalue weighted by atomic mass is 79.9. The maximum Gasteiger partial charge on any atom is 0.196 e. The summed E-state index contributed by atoms with van der Waals surface area (Å²) in [7, 11) is 0. The lowest BCUT2D eigenvalue weighted by Crippen LogP contribution is -2.02. The van der Waals surface area contributed by atoms with Crippen LogP contribution in [0, 0.1) is 0 Å². The molecule has 1 aromatic carbocycles. The van der Waals surface area contributed by atoms with E-state index in [1.54, 1.807) is 11.8 Å². The van der Waals surface area contributed by atoms with Crippen molar-refractivity contribution < 1.29 is 0 Å². The zero-order chi connectivity index (χ0) is 14.4. The predicted molar refractivity (Wildman–Crippen MR) is 86.4 cm³/mol. The smallest absolute Gasteiger partial charge is 0.196 e. The molecule has 110 valence electrons. The van der Waals surface area contributed by atoms with Crippen LogP contribution in [0.2, 0.25) is 0 Å². The van der Waals surface area contributed by atoms with Crippen molar-refractivity contribution in [1.29, 1.82) is 0 Å². The average molecular weight is 365 g/mol. The standard InChI is InChI=1S/C15H17BrN4S/c16-12-7-9(8-17)1-6-13(12)21-15-19-18-14(10-2-3-10)20(15)11-4-5-11/h1,6-7,10-11H,2-5,8,17H2. The second-order valence-electron chi connectivity index (χ2n) is 5.79. The fourth-order valence-corrected chi connectivity index (χ4v) is 4.09. The minimum Gasteiger partial charge on any atom is -0.326 e. The Balaban J connectivity index is 1.65. The molecule has 2 fully saturated rings. The van der Waals surface area contributed by atoms with Crippen LogP contribution in [-0.2, 0) is 6.54 Å². The molecular formula is C15H17BrN4S. The van der Waals surface area contributed by atoms with E-state index in [1.807, 2.05) is 0 Å². The number of hydrogen-bond donors (Lipinski definition) is 1. The van der Waals surface area contributed by atoms with Gasteiger partial charge in [-0.25, -0.2) is 0 Å². The first-order chi connectivity index (χ1) is 10.3. The maximum absolute atomic E-state index is 5.68. The molecule has 2 saturated carbocycles. The number of aromatic nitrogens is 3. The normalized spacial score (nSPS) is 18.2. The Kier molecular flexibility index (Phi) is 3.55. The zero-order valence-corrected chi connectivity index (χ0v) is 14.0. The first-order valence-electron chi connectivity index (χ1n) is 7.37. The van der Waals surface area contributed by atoms with Crippen molar-refractivity contribution in [2.24, 2.45) is 5.73 Å². The van der Waals surface area contributed by atoms with Gasteiger partial charge in [0.2, 0.25) is 0 Å². The molecule has 0 atom stereocenters. The third-order valence-corrected chi connectivity index (χ3v) is 5.93. The molecule has 0 amide bonds. The Morgan fingerprint density at radius 2 is 2.05 bits per heavy atom. The molecule has 0 unspecified atom stereocenters. The van der Waals surface area contributed by atoms with Crippen molar-refractivity contribution in [3.05, 3.63) is 34.1 Å². The van der Waals surface area contributed by atoms with Crippen LogP contribution >= 0.6 is 27.7 Å². The second-order valence-corrected chi connectivity index (χ2v) is 7.65. The minimum absolute atomic E-state index is 0.563. The van der Waals surface area contributed by atoms with E-state index in [9.17, 15) is 0 Å². The quantitative estimate of drug-likeness (QED) is 0.874. The largest absolute Gasteiger partial charge is 0.326 e. The molecule has 2 aliphatic carbocycles. The lowest BCUT2D eigenvalue weighted by Gasteiger charge is -2.09. The van der Waals surface area contributed by atoms with Gasteiger partial charge in [-0.15, -0.1) is 10.2 Å². The lowest BCUT2D eigenvalue weighted by atomic mass is 10.2. The minimum atomic E-state index is 0.563. The van der Waals surface area contributed by atoms with Crippen LogP contribution in [0.1, 0.15) is 49.0 Å². The Bertz CT molecular complexity index is 676. The number of rotatable bonds is 5.